The van der Waals surface area contributed by atoms with E-state index in [1.165, 1.54) is 0 Å². The molecular formula is C7H3BrClIN2. The highest BCUT2D eigenvalue weighted by Crippen LogP contribution is 2.31. The number of hydrogen-bond acceptors (Lipinski definition) is 1. The van der Waals surface area contributed by atoms with Gasteiger partial charge in [-0.25, -0.2) is 0 Å². The molecule has 12 heavy (non-hydrogen) atoms. The van der Waals surface area contributed by atoms with Crippen LogP contribution in [0.3, 0.4) is 0 Å². The lowest BCUT2D eigenvalue weighted by Gasteiger charge is -1.94. The van der Waals surface area contributed by atoms with E-state index in [9.17, 15) is 0 Å². The van der Waals surface area contributed by atoms with Crippen molar-refractivity contribution >= 4 is 61.0 Å². The third-order valence-corrected chi connectivity index (χ3v) is 3.30. The maximum atomic E-state index is 5.99. The van der Waals surface area contributed by atoms with Crippen LogP contribution in [0.5, 0.6) is 0 Å². The average Bonchev–Trinajstić information content (AvgIpc) is 2.42. The van der Waals surface area contributed by atoms with E-state index in [0.29, 0.717) is 0 Å². The molecule has 2 nitrogen and oxygen atoms in total. The molecule has 0 radical (unpaired) electrons. The van der Waals surface area contributed by atoms with Crippen molar-refractivity contribution in [2.24, 2.45) is 0 Å². The maximum absolute atomic E-state index is 5.99. The Balaban J connectivity index is 2.98. The second-order valence-electron chi connectivity index (χ2n) is 2.29. The zero-order valence-electron chi connectivity index (χ0n) is 5.74. The Morgan fingerprint density at radius 2 is 2.25 bits per heavy atom. The predicted octanol–water partition coefficient (Wildman–Crippen LogP) is 3.58. The van der Waals surface area contributed by atoms with E-state index in [1.807, 2.05) is 12.1 Å². The van der Waals surface area contributed by atoms with Crippen molar-refractivity contribution in [3.05, 3.63) is 25.3 Å². The Bertz CT molecular complexity index is 440. The molecule has 62 valence electrons. The zero-order valence-corrected chi connectivity index (χ0v) is 10.2. The lowest BCUT2D eigenvalue weighted by molar-refractivity contribution is 1.09. The first-order valence-corrected chi connectivity index (χ1v) is 5.42. The Morgan fingerprint density at radius 1 is 1.50 bits per heavy atom. The average molecular weight is 357 g/mol. The van der Waals surface area contributed by atoms with Crippen molar-refractivity contribution in [1.82, 2.24) is 10.2 Å². The first kappa shape index (κ1) is 8.77. The fourth-order valence-electron chi connectivity index (χ4n) is 1.02. The molecule has 0 aliphatic heterocycles. The normalized spacial score (nSPS) is 10.9. The molecule has 2 rings (SSSR count). The van der Waals surface area contributed by atoms with Crippen molar-refractivity contribution in [3.63, 3.8) is 0 Å². The number of fused-ring (bicyclic) bond motifs is 1. The lowest BCUT2D eigenvalue weighted by Crippen LogP contribution is -1.73. The Morgan fingerprint density at radius 3 is 2.92 bits per heavy atom. The summed E-state index contributed by atoms with van der Waals surface area (Å²) in [5.41, 5.74) is 0.881. The third kappa shape index (κ3) is 1.25. The molecule has 0 aliphatic carbocycles. The summed E-state index contributed by atoms with van der Waals surface area (Å²) in [6.45, 7) is 0. The summed E-state index contributed by atoms with van der Waals surface area (Å²) in [4.78, 5) is 0. The molecular weight excluding hydrogens is 354 g/mol. The topological polar surface area (TPSA) is 28.7 Å². The van der Waals surface area contributed by atoms with Crippen LogP contribution < -0.4 is 0 Å². The van der Waals surface area contributed by atoms with E-state index < -0.39 is 0 Å². The van der Waals surface area contributed by atoms with Crippen LogP contribution in [0.1, 0.15) is 0 Å². The van der Waals surface area contributed by atoms with Crippen molar-refractivity contribution in [2.75, 3.05) is 0 Å². The molecule has 0 bridgehead atoms. The molecule has 0 spiro atoms. The van der Waals surface area contributed by atoms with Crippen molar-refractivity contribution in [1.29, 1.82) is 0 Å². The largest absolute Gasteiger partial charge is 0.271 e. The van der Waals surface area contributed by atoms with Gasteiger partial charge in [-0.15, -0.1) is 0 Å². The minimum Gasteiger partial charge on any atom is -0.271 e. The van der Waals surface area contributed by atoms with Gasteiger partial charge in [0.05, 0.1) is 10.4 Å². The van der Waals surface area contributed by atoms with Crippen LogP contribution in [0.2, 0.25) is 5.02 Å². The number of nitrogens with zero attached hydrogens (tertiary/aromatic N) is 1. The summed E-state index contributed by atoms with van der Waals surface area (Å²) in [6, 6.07) is 3.74. The van der Waals surface area contributed by atoms with E-state index in [1.54, 1.807) is 0 Å². The quantitative estimate of drug-likeness (QED) is 0.718. The standard InChI is InChI=1S/C7H3BrClIN2/c8-3-1-2-4(9)5-6(3)11-12-7(5)10/h1-2H,(H,11,12). The number of aromatic amines is 1. The van der Waals surface area contributed by atoms with Crippen LogP contribution >= 0.6 is 50.1 Å². The summed E-state index contributed by atoms with van der Waals surface area (Å²) in [6.07, 6.45) is 0. The zero-order chi connectivity index (χ0) is 8.72. The Kier molecular flexibility index (Phi) is 2.31. The van der Waals surface area contributed by atoms with Gasteiger partial charge in [-0.2, -0.15) is 5.10 Å². The molecule has 0 unspecified atom stereocenters. The molecule has 0 amide bonds. The second kappa shape index (κ2) is 3.16. The monoisotopic (exact) mass is 356 g/mol. The molecule has 5 heteroatoms. The van der Waals surface area contributed by atoms with Crippen molar-refractivity contribution < 1.29 is 0 Å². The van der Waals surface area contributed by atoms with E-state index in [2.05, 4.69) is 48.7 Å². The van der Waals surface area contributed by atoms with Crippen LogP contribution in [0, 0.1) is 3.70 Å². The van der Waals surface area contributed by atoms with E-state index in [4.69, 9.17) is 11.6 Å². The summed E-state index contributed by atoms with van der Waals surface area (Å²) < 4.78 is 1.93. The number of nitrogens with one attached hydrogen (secondary N) is 1. The number of hydrogen-bond donors (Lipinski definition) is 1. The minimum absolute atomic E-state index is 0.728. The molecule has 0 saturated heterocycles. The van der Waals surface area contributed by atoms with Gasteiger partial charge in [0.15, 0.2) is 0 Å². The van der Waals surface area contributed by atoms with Gasteiger partial charge in [-0.05, 0) is 50.7 Å². The van der Waals surface area contributed by atoms with Gasteiger partial charge >= 0.3 is 0 Å². The van der Waals surface area contributed by atoms with Crippen LogP contribution in [0.4, 0.5) is 0 Å². The van der Waals surface area contributed by atoms with Crippen LogP contribution in [-0.2, 0) is 0 Å². The number of aromatic nitrogens is 2. The number of halogens is 3. The summed E-state index contributed by atoms with van der Waals surface area (Å²) in [7, 11) is 0. The highest BCUT2D eigenvalue weighted by molar-refractivity contribution is 14.1. The maximum Gasteiger partial charge on any atom is 0.109 e. The van der Waals surface area contributed by atoms with Crippen LogP contribution in [0.15, 0.2) is 16.6 Å². The number of rotatable bonds is 0. The van der Waals surface area contributed by atoms with Crippen LogP contribution in [-0.4, -0.2) is 10.2 Å². The predicted molar refractivity (Wildman–Crippen MR) is 61.5 cm³/mol. The molecule has 0 aliphatic rings. The molecule has 0 saturated carbocycles. The Hall–Kier alpha value is 0.190. The van der Waals surface area contributed by atoms with Gasteiger partial charge in [-0.3, -0.25) is 5.10 Å². The molecule has 1 N–H and O–H groups in total. The highest BCUT2D eigenvalue weighted by atomic mass is 127. The van der Waals surface area contributed by atoms with Crippen LogP contribution in [0.25, 0.3) is 10.9 Å². The molecule has 0 fully saturated rings. The molecule has 1 heterocycles. The summed E-state index contributed by atoms with van der Waals surface area (Å²) in [5, 5.41) is 8.70. The summed E-state index contributed by atoms with van der Waals surface area (Å²) in [5.74, 6) is 0. The van der Waals surface area contributed by atoms with Crippen molar-refractivity contribution in [3.8, 4) is 0 Å². The minimum atomic E-state index is 0.728. The molecule has 2 aromatic rings. The SMILES string of the molecule is Clc1ccc(Br)c2n[nH]c(I)c12. The second-order valence-corrected chi connectivity index (χ2v) is 4.63. The number of benzene rings is 1. The number of H-pyrrole nitrogens is 1. The van der Waals surface area contributed by atoms with Gasteiger partial charge in [0.25, 0.3) is 0 Å². The fourth-order valence-corrected chi connectivity index (χ4v) is 2.51. The smallest absolute Gasteiger partial charge is 0.109 e. The molecule has 1 aromatic heterocycles. The lowest BCUT2D eigenvalue weighted by atomic mass is 10.3. The van der Waals surface area contributed by atoms with Gasteiger partial charge in [-0.1, -0.05) is 11.6 Å². The fraction of sp³-hybridized carbons (Fsp3) is 0. The first-order valence-electron chi connectivity index (χ1n) is 3.17. The first-order chi connectivity index (χ1) is 5.70. The van der Waals surface area contributed by atoms with E-state index in [0.717, 1.165) is 24.1 Å². The van der Waals surface area contributed by atoms with Gasteiger partial charge in [0.1, 0.15) is 9.22 Å². The molecule has 1 aromatic carbocycles. The van der Waals surface area contributed by atoms with Gasteiger partial charge < -0.3 is 0 Å². The van der Waals surface area contributed by atoms with E-state index >= 15 is 0 Å². The van der Waals surface area contributed by atoms with Gasteiger partial charge in [0.2, 0.25) is 0 Å². The van der Waals surface area contributed by atoms with E-state index in [-0.39, 0.29) is 0 Å². The highest BCUT2D eigenvalue weighted by Gasteiger charge is 2.08. The van der Waals surface area contributed by atoms with Crippen molar-refractivity contribution in [2.45, 2.75) is 0 Å². The Labute approximate surface area is 95.9 Å². The van der Waals surface area contributed by atoms with Gasteiger partial charge in [0, 0.05) is 4.47 Å². The summed E-state index contributed by atoms with van der Waals surface area (Å²) >= 11 is 11.6. The third-order valence-electron chi connectivity index (χ3n) is 1.56. The molecule has 0 atom stereocenters.